The number of nitrogens with zero attached hydrogens (tertiary/aromatic N) is 2. The first-order chi connectivity index (χ1) is 27.3. The van der Waals surface area contributed by atoms with Crippen LogP contribution in [0, 0.1) is 36.5 Å². The second kappa shape index (κ2) is 15.5. The molecule has 0 radical (unpaired) electrons. The van der Waals surface area contributed by atoms with Gasteiger partial charge in [-0.2, -0.15) is 13.2 Å². The topological polar surface area (TPSA) is 115 Å². The van der Waals surface area contributed by atoms with Gasteiger partial charge in [0.15, 0.2) is 0 Å². The quantitative estimate of drug-likeness (QED) is 0.143. The van der Waals surface area contributed by atoms with Gasteiger partial charge in [0.25, 0.3) is 0 Å². The normalized spacial score (nSPS) is 27.4. The van der Waals surface area contributed by atoms with Crippen molar-refractivity contribution < 1.29 is 46.9 Å². The Balaban J connectivity index is 1.08. The summed E-state index contributed by atoms with van der Waals surface area (Å²) in [4.78, 5) is 46.1. The number of alkyl halides is 3. The molecule has 58 heavy (non-hydrogen) atoms. The van der Waals surface area contributed by atoms with E-state index in [0.29, 0.717) is 55.7 Å². The Morgan fingerprint density at radius 2 is 1.78 bits per heavy atom. The highest BCUT2D eigenvalue weighted by Gasteiger charge is 2.61. The number of ether oxygens (including phenoxy) is 3. The third-order valence-electron chi connectivity index (χ3n) is 13.2. The van der Waals surface area contributed by atoms with E-state index in [1.165, 1.54) is 22.6 Å². The number of benzene rings is 2. The van der Waals surface area contributed by atoms with Crippen molar-refractivity contribution in [3.05, 3.63) is 70.4 Å². The summed E-state index contributed by atoms with van der Waals surface area (Å²) in [5.74, 6) is 2.80. The Bertz CT molecular complexity index is 2140. The molecule has 2 saturated carbocycles. The summed E-state index contributed by atoms with van der Waals surface area (Å²) in [7, 11) is 0. The zero-order chi connectivity index (χ0) is 41.8. The van der Waals surface area contributed by atoms with E-state index in [0.717, 1.165) is 43.7 Å². The molecule has 3 fully saturated rings. The van der Waals surface area contributed by atoms with Crippen LogP contribution in [0.15, 0.2) is 42.5 Å². The van der Waals surface area contributed by atoms with Gasteiger partial charge >= 0.3 is 24.2 Å². The standard InChI is InChI=1S/C46H53F3N2O7/c1-7-45(55)23-21-35-32-16-14-28-26-29(15-17-30(28)31(32)20-22-44(35,45)6)56-38(52)18-19-39(53)57-41(37-13-8-9-24-51(37)42(54)58-43(3,4)5)34-25-27(2)50-40-33(34)11-10-12-36(40)46(47,48)49/h1,10-12,15,17,25-26,31-32,35,37,41,55H,8-9,13-14,16,18-24H2,2-6H3/t31-,32-,35+,37?,41?,44+,45+/m1/s1. The van der Waals surface area contributed by atoms with Crippen molar-refractivity contribution in [2.45, 2.75) is 141 Å². The first kappa shape index (κ1) is 41.5. The van der Waals surface area contributed by atoms with Crippen LogP contribution >= 0.6 is 0 Å². The maximum absolute atomic E-state index is 14.2. The minimum atomic E-state index is -4.69. The zero-order valence-corrected chi connectivity index (χ0v) is 33.9. The smallest absolute Gasteiger partial charge is 0.418 e. The molecule has 2 aromatic carbocycles. The third-order valence-corrected chi connectivity index (χ3v) is 13.2. The summed E-state index contributed by atoms with van der Waals surface area (Å²) in [6.07, 6.45) is 5.48. The number of carbonyl (C=O) groups excluding carboxylic acids is 3. The average molecular weight is 803 g/mol. The SMILES string of the molecule is C#C[C@]1(O)CC[C@H]2[C@@H]3CCc4cc(OC(=O)CCC(=O)OC(c5cc(C)nc6c(C(F)(F)F)cccc56)C5CCCCN5C(=O)OC(C)(C)C)ccc4[C@H]3CC[C@@]21C. The van der Waals surface area contributed by atoms with E-state index in [1.807, 2.05) is 12.1 Å². The lowest BCUT2D eigenvalue weighted by Gasteiger charge is -2.52. The number of rotatable bonds is 7. The van der Waals surface area contributed by atoms with Crippen LogP contribution in [0.5, 0.6) is 5.75 Å². The Hall–Kier alpha value is -4.63. The fourth-order valence-corrected chi connectivity index (χ4v) is 10.5. The number of aryl methyl sites for hydroxylation is 2. The predicted octanol–water partition coefficient (Wildman–Crippen LogP) is 9.54. The molecule has 1 amide bonds. The second-order valence-corrected chi connectivity index (χ2v) is 17.9. The Morgan fingerprint density at radius 3 is 2.50 bits per heavy atom. The van der Waals surface area contributed by atoms with Crippen LogP contribution in [-0.4, -0.2) is 56.8 Å². The molecular formula is C46H53F3N2O7. The monoisotopic (exact) mass is 802 g/mol. The van der Waals surface area contributed by atoms with Crippen molar-refractivity contribution in [3.8, 4) is 18.1 Å². The molecule has 2 unspecified atom stereocenters. The average Bonchev–Trinajstić information content (AvgIpc) is 3.44. The van der Waals surface area contributed by atoms with E-state index in [2.05, 4.69) is 17.8 Å². The van der Waals surface area contributed by atoms with Gasteiger partial charge in [-0.15, -0.1) is 6.42 Å². The Kier molecular flexibility index (Phi) is 11.1. The van der Waals surface area contributed by atoms with Crippen LogP contribution in [0.3, 0.4) is 0 Å². The minimum absolute atomic E-state index is 0.144. The van der Waals surface area contributed by atoms with Gasteiger partial charge < -0.3 is 24.2 Å². The van der Waals surface area contributed by atoms with Crippen LogP contribution in [-0.2, 0) is 31.7 Å². The van der Waals surface area contributed by atoms with Crippen molar-refractivity contribution in [2.75, 3.05) is 6.54 Å². The van der Waals surface area contributed by atoms with Gasteiger partial charge in [-0.05, 0) is 139 Å². The molecule has 1 aliphatic heterocycles. The first-order valence-corrected chi connectivity index (χ1v) is 20.5. The van der Waals surface area contributed by atoms with Gasteiger partial charge in [0, 0.05) is 28.6 Å². The van der Waals surface area contributed by atoms with E-state index >= 15 is 0 Å². The number of amides is 1. The molecule has 3 aliphatic carbocycles. The summed E-state index contributed by atoms with van der Waals surface area (Å²) in [5, 5.41) is 11.4. The largest absolute Gasteiger partial charge is 0.455 e. The number of carbonyl (C=O) groups is 3. The fourth-order valence-electron chi connectivity index (χ4n) is 10.5. The van der Waals surface area contributed by atoms with Crippen molar-refractivity contribution in [1.82, 2.24) is 9.88 Å². The minimum Gasteiger partial charge on any atom is -0.455 e. The van der Waals surface area contributed by atoms with Crippen LogP contribution in [0.1, 0.15) is 132 Å². The van der Waals surface area contributed by atoms with Crippen LogP contribution in [0.2, 0.25) is 0 Å². The Morgan fingerprint density at radius 1 is 1.02 bits per heavy atom. The number of piperidine rings is 1. The number of pyridine rings is 1. The van der Waals surface area contributed by atoms with Gasteiger partial charge in [-0.25, -0.2) is 4.79 Å². The van der Waals surface area contributed by atoms with E-state index < -0.39 is 53.1 Å². The van der Waals surface area contributed by atoms with Crippen molar-refractivity contribution in [2.24, 2.45) is 17.3 Å². The molecule has 2 heterocycles. The molecule has 0 spiro atoms. The predicted molar refractivity (Wildman–Crippen MR) is 211 cm³/mol. The van der Waals surface area contributed by atoms with Crippen LogP contribution in [0.4, 0.5) is 18.0 Å². The third kappa shape index (κ3) is 7.91. The highest BCUT2D eigenvalue weighted by atomic mass is 19.4. The molecule has 9 nitrogen and oxygen atoms in total. The molecular weight excluding hydrogens is 750 g/mol. The number of fused-ring (bicyclic) bond motifs is 6. The lowest BCUT2D eigenvalue weighted by Crippen LogP contribution is -2.50. The van der Waals surface area contributed by atoms with Gasteiger partial charge in [0.2, 0.25) is 0 Å². The van der Waals surface area contributed by atoms with E-state index in [9.17, 15) is 32.7 Å². The molecule has 310 valence electrons. The number of hydrogen-bond donors (Lipinski definition) is 1. The molecule has 12 heteroatoms. The number of halogens is 3. The number of aliphatic hydroxyl groups is 1. The summed E-state index contributed by atoms with van der Waals surface area (Å²) < 4.78 is 60.1. The summed E-state index contributed by atoms with van der Waals surface area (Å²) in [6, 6.07) is 10.3. The van der Waals surface area contributed by atoms with Crippen LogP contribution < -0.4 is 4.74 Å². The van der Waals surface area contributed by atoms with Crippen molar-refractivity contribution in [1.29, 1.82) is 0 Å². The number of hydrogen-bond acceptors (Lipinski definition) is 8. The number of esters is 2. The maximum atomic E-state index is 14.2. The lowest BCUT2D eigenvalue weighted by molar-refractivity contribution is -0.156. The summed E-state index contributed by atoms with van der Waals surface area (Å²) in [5.41, 5.74) is -0.477. The number of terminal acetylenes is 1. The zero-order valence-electron chi connectivity index (χ0n) is 33.9. The van der Waals surface area contributed by atoms with Gasteiger partial charge in [0.1, 0.15) is 23.1 Å². The molecule has 1 aromatic heterocycles. The fraction of sp³-hybridized carbons (Fsp3) is 0.565. The molecule has 4 aliphatic rings. The maximum Gasteiger partial charge on any atom is 0.418 e. The number of likely N-dealkylation sites (tertiary alicyclic amines) is 1. The van der Waals surface area contributed by atoms with Gasteiger partial charge in [-0.3, -0.25) is 14.6 Å². The molecule has 7 rings (SSSR count). The summed E-state index contributed by atoms with van der Waals surface area (Å²) >= 11 is 0. The lowest BCUT2D eigenvalue weighted by atomic mass is 9.53. The Labute approximate surface area is 338 Å². The molecule has 1 N–H and O–H groups in total. The molecule has 3 aromatic rings. The molecule has 0 bridgehead atoms. The van der Waals surface area contributed by atoms with Crippen LogP contribution in [0.25, 0.3) is 10.9 Å². The number of para-hydroxylation sites is 1. The molecule has 1 saturated heterocycles. The van der Waals surface area contributed by atoms with Crippen molar-refractivity contribution >= 4 is 28.9 Å². The highest BCUT2D eigenvalue weighted by molar-refractivity contribution is 5.87. The van der Waals surface area contributed by atoms with Gasteiger partial charge in [-0.1, -0.05) is 31.0 Å². The first-order valence-electron chi connectivity index (χ1n) is 20.5. The second-order valence-electron chi connectivity index (χ2n) is 17.9. The summed E-state index contributed by atoms with van der Waals surface area (Å²) in [6.45, 7) is 9.23. The van der Waals surface area contributed by atoms with Crippen molar-refractivity contribution in [3.63, 3.8) is 0 Å². The molecule has 7 atom stereocenters. The van der Waals surface area contributed by atoms with E-state index in [1.54, 1.807) is 39.8 Å². The van der Waals surface area contributed by atoms with E-state index in [-0.39, 0.29) is 40.4 Å². The number of aromatic nitrogens is 1. The van der Waals surface area contributed by atoms with E-state index in [4.69, 9.17) is 20.6 Å². The van der Waals surface area contributed by atoms with Gasteiger partial charge in [0.05, 0.1) is 30.0 Å². The highest BCUT2D eigenvalue weighted by Crippen LogP contribution is 2.64.